The van der Waals surface area contributed by atoms with Crippen LogP contribution in [0, 0.1) is 0 Å². The molecule has 0 radical (unpaired) electrons. The van der Waals surface area contributed by atoms with Gasteiger partial charge in [0.25, 0.3) is 6.43 Å². The van der Waals surface area contributed by atoms with Gasteiger partial charge in [0.2, 0.25) is 0 Å². The minimum atomic E-state index is -2.39. The highest BCUT2D eigenvalue weighted by Crippen LogP contribution is 2.30. The minimum Gasteiger partial charge on any atom is -0.367 e. The van der Waals surface area contributed by atoms with Crippen molar-refractivity contribution in [2.75, 3.05) is 18.5 Å². The maximum Gasteiger partial charge on any atom is 0.255 e. The standard InChI is InChI=1S/C10H11Cl2F2N/c1-15(6-9(13)14)10-7(5-11)3-2-4-8(10)12/h2-4,9H,5-6H2,1H3. The van der Waals surface area contributed by atoms with E-state index >= 15 is 0 Å². The SMILES string of the molecule is CN(CC(F)F)c1c(Cl)cccc1CCl. The zero-order valence-electron chi connectivity index (χ0n) is 8.18. The van der Waals surface area contributed by atoms with Gasteiger partial charge in [0.1, 0.15) is 0 Å². The molecule has 84 valence electrons. The summed E-state index contributed by atoms with van der Waals surface area (Å²) in [4.78, 5) is 1.42. The van der Waals surface area contributed by atoms with E-state index in [1.807, 2.05) is 0 Å². The molecule has 0 aliphatic heterocycles. The molecular formula is C10H11Cl2F2N. The molecule has 0 saturated carbocycles. The van der Waals surface area contributed by atoms with Gasteiger partial charge >= 0.3 is 0 Å². The summed E-state index contributed by atoms with van der Waals surface area (Å²) < 4.78 is 24.4. The lowest BCUT2D eigenvalue weighted by atomic mass is 10.2. The molecule has 5 heteroatoms. The van der Waals surface area contributed by atoms with Crippen molar-refractivity contribution in [2.24, 2.45) is 0 Å². The van der Waals surface area contributed by atoms with Crippen LogP contribution in [0.3, 0.4) is 0 Å². The Morgan fingerprint density at radius 3 is 2.60 bits per heavy atom. The van der Waals surface area contributed by atoms with Gasteiger partial charge in [-0.2, -0.15) is 0 Å². The van der Waals surface area contributed by atoms with Gasteiger partial charge in [-0.1, -0.05) is 23.7 Å². The van der Waals surface area contributed by atoms with Gasteiger partial charge in [-0.15, -0.1) is 11.6 Å². The summed E-state index contributed by atoms with van der Waals surface area (Å²) in [5.74, 6) is 0.253. The summed E-state index contributed by atoms with van der Waals surface area (Å²) in [5.41, 5.74) is 1.33. The molecule has 0 spiro atoms. The minimum absolute atomic E-state index is 0.253. The van der Waals surface area contributed by atoms with E-state index in [0.29, 0.717) is 10.7 Å². The summed E-state index contributed by atoms with van der Waals surface area (Å²) in [5, 5.41) is 0.441. The molecule has 0 aliphatic rings. The van der Waals surface area contributed by atoms with Crippen molar-refractivity contribution in [2.45, 2.75) is 12.3 Å². The van der Waals surface area contributed by atoms with Crippen molar-refractivity contribution < 1.29 is 8.78 Å². The number of benzene rings is 1. The Labute approximate surface area is 97.6 Å². The van der Waals surface area contributed by atoms with Crippen molar-refractivity contribution in [1.82, 2.24) is 0 Å². The van der Waals surface area contributed by atoms with Crippen molar-refractivity contribution >= 4 is 28.9 Å². The van der Waals surface area contributed by atoms with E-state index in [4.69, 9.17) is 23.2 Å². The fourth-order valence-corrected chi connectivity index (χ4v) is 1.95. The number of nitrogens with zero attached hydrogens (tertiary/aromatic N) is 1. The van der Waals surface area contributed by atoms with Gasteiger partial charge in [-0.05, 0) is 11.6 Å². The van der Waals surface area contributed by atoms with E-state index in [2.05, 4.69) is 0 Å². The second-order valence-corrected chi connectivity index (χ2v) is 3.83. The van der Waals surface area contributed by atoms with Gasteiger partial charge in [0.15, 0.2) is 0 Å². The number of hydrogen-bond donors (Lipinski definition) is 0. The van der Waals surface area contributed by atoms with Crippen molar-refractivity contribution in [3.05, 3.63) is 28.8 Å². The number of rotatable bonds is 4. The predicted octanol–water partition coefficient (Wildman–Crippen LogP) is 3.78. The summed E-state index contributed by atoms with van der Waals surface area (Å²) in [7, 11) is 1.57. The number of hydrogen-bond acceptors (Lipinski definition) is 1. The average Bonchev–Trinajstić information content (AvgIpc) is 2.15. The van der Waals surface area contributed by atoms with Crippen LogP contribution < -0.4 is 4.90 Å². The molecule has 1 aromatic rings. The molecule has 0 heterocycles. The van der Waals surface area contributed by atoms with Gasteiger partial charge in [0.05, 0.1) is 17.3 Å². The van der Waals surface area contributed by atoms with Crippen LogP contribution in [0.1, 0.15) is 5.56 Å². The van der Waals surface area contributed by atoms with Crippen LogP contribution in [0.4, 0.5) is 14.5 Å². The second-order valence-electron chi connectivity index (χ2n) is 3.15. The molecule has 1 aromatic carbocycles. The lowest BCUT2D eigenvalue weighted by Gasteiger charge is -2.22. The van der Waals surface area contributed by atoms with Crippen molar-refractivity contribution in [3.8, 4) is 0 Å². The molecule has 0 atom stereocenters. The highest BCUT2D eigenvalue weighted by Gasteiger charge is 2.14. The topological polar surface area (TPSA) is 3.24 Å². The smallest absolute Gasteiger partial charge is 0.255 e. The van der Waals surface area contributed by atoms with Crippen LogP contribution in [0.5, 0.6) is 0 Å². The zero-order chi connectivity index (χ0) is 11.4. The molecule has 1 nitrogen and oxygen atoms in total. The Kier molecular flexibility index (Phi) is 4.61. The zero-order valence-corrected chi connectivity index (χ0v) is 9.69. The van der Waals surface area contributed by atoms with Crippen molar-refractivity contribution in [3.63, 3.8) is 0 Å². The summed E-state index contributed by atoms with van der Waals surface area (Å²) >= 11 is 11.7. The summed E-state index contributed by atoms with van der Waals surface area (Å²) in [6.45, 7) is -0.354. The summed E-state index contributed by atoms with van der Waals surface area (Å²) in [6, 6.07) is 5.19. The molecule has 1 rings (SSSR count). The molecule has 0 saturated heterocycles. The predicted molar refractivity (Wildman–Crippen MR) is 60.3 cm³/mol. The van der Waals surface area contributed by atoms with Crippen molar-refractivity contribution in [1.29, 1.82) is 0 Å². The van der Waals surface area contributed by atoms with Crippen LogP contribution in [0.15, 0.2) is 18.2 Å². The number of alkyl halides is 3. The molecule has 0 amide bonds. The first-order chi connectivity index (χ1) is 7.06. The third-order valence-electron chi connectivity index (χ3n) is 2.01. The maximum absolute atomic E-state index is 12.2. The lowest BCUT2D eigenvalue weighted by Crippen LogP contribution is -2.25. The largest absolute Gasteiger partial charge is 0.367 e. The van der Waals surface area contributed by atoms with Crippen LogP contribution in [-0.2, 0) is 5.88 Å². The first kappa shape index (κ1) is 12.5. The monoisotopic (exact) mass is 253 g/mol. The molecule has 0 aliphatic carbocycles. The first-order valence-electron chi connectivity index (χ1n) is 4.39. The molecular weight excluding hydrogens is 243 g/mol. The third kappa shape index (κ3) is 3.21. The Hall–Kier alpha value is -0.540. The average molecular weight is 254 g/mol. The van der Waals surface area contributed by atoms with Gasteiger partial charge in [-0.25, -0.2) is 8.78 Å². The molecule has 0 fully saturated rings. The van der Waals surface area contributed by atoms with E-state index < -0.39 is 6.43 Å². The Bertz CT molecular complexity index is 331. The lowest BCUT2D eigenvalue weighted by molar-refractivity contribution is 0.156. The van der Waals surface area contributed by atoms with E-state index in [9.17, 15) is 8.78 Å². The van der Waals surface area contributed by atoms with Crippen LogP contribution in [0.2, 0.25) is 5.02 Å². The van der Waals surface area contributed by atoms with E-state index in [1.54, 1.807) is 25.2 Å². The van der Waals surface area contributed by atoms with E-state index in [-0.39, 0.29) is 12.4 Å². The number of anilines is 1. The highest BCUT2D eigenvalue weighted by atomic mass is 35.5. The Morgan fingerprint density at radius 2 is 2.07 bits per heavy atom. The summed E-state index contributed by atoms with van der Waals surface area (Å²) in [6.07, 6.45) is -2.39. The maximum atomic E-state index is 12.2. The van der Waals surface area contributed by atoms with Gasteiger partial charge < -0.3 is 4.90 Å². The van der Waals surface area contributed by atoms with E-state index in [0.717, 1.165) is 5.56 Å². The third-order valence-corrected chi connectivity index (χ3v) is 2.60. The molecule has 0 aromatic heterocycles. The van der Waals surface area contributed by atoms with Crippen LogP contribution >= 0.6 is 23.2 Å². The second kappa shape index (κ2) is 5.52. The van der Waals surface area contributed by atoms with Crippen LogP contribution in [-0.4, -0.2) is 20.0 Å². The van der Waals surface area contributed by atoms with Gasteiger partial charge in [0, 0.05) is 12.9 Å². The Balaban J connectivity index is 3.00. The van der Waals surface area contributed by atoms with Gasteiger partial charge in [-0.3, -0.25) is 0 Å². The quantitative estimate of drug-likeness (QED) is 0.739. The molecule has 15 heavy (non-hydrogen) atoms. The fourth-order valence-electron chi connectivity index (χ4n) is 1.39. The normalized spacial score (nSPS) is 10.8. The van der Waals surface area contributed by atoms with Crippen LogP contribution in [0.25, 0.3) is 0 Å². The number of halogens is 4. The van der Waals surface area contributed by atoms with E-state index in [1.165, 1.54) is 4.90 Å². The molecule has 0 N–H and O–H groups in total. The molecule has 0 bridgehead atoms. The number of para-hydroxylation sites is 1. The Morgan fingerprint density at radius 1 is 1.40 bits per heavy atom. The fraction of sp³-hybridized carbons (Fsp3) is 0.400. The first-order valence-corrected chi connectivity index (χ1v) is 5.30. The highest BCUT2D eigenvalue weighted by molar-refractivity contribution is 6.33. The molecule has 0 unspecified atom stereocenters.